The molecule has 2 aromatic carbocycles. The van der Waals surface area contributed by atoms with Crippen LogP contribution >= 0.6 is 11.3 Å². The van der Waals surface area contributed by atoms with Gasteiger partial charge in [0, 0.05) is 18.7 Å². The van der Waals surface area contributed by atoms with Crippen molar-refractivity contribution in [1.29, 1.82) is 0 Å². The second-order valence-electron chi connectivity index (χ2n) is 5.82. The number of hydrogen-bond donors (Lipinski definition) is 2. The first-order valence-electron chi connectivity index (χ1n) is 8.46. The molecule has 1 heterocycles. The van der Waals surface area contributed by atoms with Crippen LogP contribution in [-0.2, 0) is 4.79 Å². The van der Waals surface area contributed by atoms with Gasteiger partial charge in [0.1, 0.15) is 17.0 Å². The third-order valence-corrected chi connectivity index (χ3v) is 4.96. The van der Waals surface area contributed by atoms with Gasteiger partial charge in [-0.15, -0.1) is 0 Å². The number of fused-ring (bicyclic) bond motifs is 1. The Labute approximate surface area is 165 Å². The number of urea groups is 1. The van der Waals surface area contributed by atoms with Crippen molar-refractivity contribution in [2.75, 3.05) is 31.0 Å². The smallest absolute Gasteiger partial charge is 0.328 e. The Balaban J connectivity index is 1.84. The summed E-state index contributed by atoms with van der Waals surface area (Å²) in [4.78, 5) is 30.0. The number of anilines is 2. The van der Waals surface area contributed by atoms with Gasteiger partial charge in [-0.3, -0.25) is 15.0 Å². The zero-order valence-electron chi connectivity index (χ0n) is 15.5. The molecule has 0 unspecified atom stereocenters. The molecule has 3 aromatic rings. The lowest BCUT2D eigenvalue weighted by Gasteiger charge is -2.22. The quantitative estimate of drug-likeness (QED) is 0.633. The van der Waals surface area contributed by atoms with Gasteiger partial charge < -0.3 is 15.2 Å². The van der Waals surface area contributed by atoms with Crippen LogP contribution in [0.25, 0.3) is 10.2 Å². The van der Waals surface area contributed by atoms with Crippen molar-refractivity contribution in [2.24, 2.45) is 5.73 Å². The molecule has 3 rings (SSSR count). The molecule has 0 bridgehead atoms. The summed E-state index contributed by atoms with van der Waals surface area (Å²) in [5, 5.41) is 3.22. The molecule has 0 aliphatic carbocycles. The van der Waals surface area contributed by atoms with Crippen LogP contribution < -0.4 is 25.4 Å². The number of hydrogen-bond acceptors (Lipinski definition) is 6. The average molecular weight is 400 g/mol. The number of nitrogens with zero attached hydrogens (tertiary/aromatic N) is 2. The number of amides is 3. The number of rotatable bonds is 7. The number of thiazole rings is 1. The molecule has 9 heteroatoms. The number of aromatic nitrogens is 1. The average Bonchev–Trinajstić information content (AvgIpc) is 3.10. The second kappa shape index (κ2) is 8.57. The third-order valence-electron chi connectivity index (χ3n) is 4.03. The zero-order chi connectivity index (χ0) is 20.1. The van der Waals surface area contributed by atoms with Crippen molar-refractivity contribution < 1.29 is 19.1 Å². The SMILES string of the molecule is COc1ccc(N(CCC(N)=O)C(=O)Nc2nc3c(OC)cccc3s2)cc1. The molecule has 8 nitrogen and oxygen atoms in total. The van der Waals surface area contributed by atoms with E-state index in [4.69, 9.17) is 15.2 Å². The highest BCUT2D eigenvalue weighted by Gasteiger charge is 2.19. The number of nitrogens with two attached hydrogens (primary N) is 1. The maximum Gasteiger partial charge on any atom is 0.328 e. The van der Waals surface area contributed by atoms with Crippen LogP contribution in [0.2, 0.25) is 0 Å². The summed E-state index contributed by atoms with van der Waals surface area (Å²) in [6.07, 6.45) is 0.0348. The predicted octanol–water partition coefficient (Wildman–Crippen LogP) is 3.23. The van der Waals surface area contributed by atoms with Gasteiger partial charge in [0.2, 0.25) is 5.91 Å². The summed E-state index contributed by atoms with van der Waals surface area (Å²) in [6.45, 7) is 0.141. The molecule has 28 heavy (non-hydrogen) atoms. The molecule has 3 amide bonds. The molecular formula is C19H20N4O4S. The molecule has 3 N–H and O–H groups in total. The Morgan fingerprint density at radius 3 is 2.54 bits per heavy atom. The van der Waals surface area contributed by atoms with Crippen LogP contribution in [0.5, 0.6) is 11.5 Å². The topological polar surface area (TPSA) is 107 Å². The van der Waals surface area contributed by atoms with E-state index in [9.17, 15) is 9.59 Å². The number of primary amides is 1. The maximum atomic E-state index is 12.9. The number of methoxy groups -OCH3 is 2. The van der Waals surface area contributed by atoms with E-state index in [1.807, 2.05) is 18.2 Å². The fourth-order valence-corrected chi connectivity index (χ4v) is 3.51. The lowest BCUT2D eigenvalue weighted by Crippen LogP contribution is -2.37. The molecule has 0 spiro atoms. The lowest BCUT2D eigenvalue weighted by molar-refractivity contribution is -0.117. The summed E-state index contributed by atoms with van der Waals surface area (Å²) in [7, 11) is 3.13. The number of carbonyl (C=O) groups is 2. The molecule has 0 aliphatic rings. The standard InChI is InChI=1S/C19H20N4O4S/c1-26-13-8-6-12(7-9-13)23(11-10-16(20)24)19(25)22-18-21-17-14(27-2)4-3-5-15(17)28-18/h3-9H,10-11H2,1-2H3,(H2,20,24)(H,21,22,25). The monoisotopic (exact) mass is 400 g/mol. The number of ether oxygens (including phenoxy) is 2. The van der Waals surface area contributed by atoms with Crippen LogP contribution in [0, 0.1) is 0 Å². The fraction of sp³-hybridized carbons (Fsp3) is 0.211. The van der Waals surface area contributed by atoms with E-state index in [-0.39, 0.29) is 13.0 Å². The zero-order valence-corrected chi connectivity index (χ0v) is 16.3. The third kappa shape index (κ3) is 4.32. The number of benzene rings is 2. The molecule has 0 atom stereocenters. The normalized spacial score (nSPS) is 10.5. The number of nitrogens with one attached hydrogen (secondary N) is 1. The fourth-order valence-electron chi connectivity index (χ4n) is 2.63. The van der Waals surface area contributed by atoms with E-state index in [1.165, 1.54) is 16.2 Å². The number of carbonyl (C=O) groups excluding carboxylic acids is 2. The van der Waals surface area contributed by atoms with Gasteiger partial charge in [0.05, 0.1) is 18.9 Å². The van der Waals surface area contributed by atoms with E-state index >= 15 is 0 Å². The maximum absolute atomic E-state index is 12.9. The predicted molar refractivity (Wildman–Crippen MR) is 109 cm³/mol. The van der Waals surface area contributed by atoms with Gasteiger partial charge in [0.15, 0.2) is 5.13 Å². The van der Waals surface area contributed by atoms with Crippen LogP contribution in [0.4, 0.5) is 15.6 Å². The highest BCUT2D eigenvalue weighted by molar-refractivity contribution is 7.22. The number of para-hydroxylation sites is 1. The van der Waals surface area contributed by atoms with Crippen LogP contribution in [0.1, 0.15) is 6.42 Å². The minimum Gasteiger partial charge on any atom is -0.497 e. The molecule has 0 radical (unpaired) electrons. The highest BCUT2D eigenvalue weighted by atomic mass is 32.1. The Kier molecular flexibility index (Phi) is 5.95. The molecule has 0 aliphatic heterocycles. The van der Waals surface area contributed by atoms with Crippen molar-refractivity contribution in [3.05, 3.63) is 42.5 Å². The van der Waals surface area contributed by atoms with Gasteiger partial charge in [-0.1, -0.05) is 17.4 Å². The molecule has 0 fully saturated rings. The van der Waals surface area contributed by atoms with Gasteiger partial charge in [-0.25, -0.2) is 9.78 Å². The van der Waals surface area contributed by atoms with Gasteiger partial charge in [0.25, 0.3) is 0 Å². The second-order valence-corrected chi connectivity index (χ2v) is 6.85. The first-order valence-corrected chi connectivity index (χ1v) is 9.28. The van der Waals surface area contributed by atoms with Crippen molar-refractivity contribution >= 4 is 44.3 Å². The molecule has 146 valence electrons. The first-order chi connectivity index (χ1) is 13.5. The Bertz CT molecular complexity index is 987. The Hall–Kier alpha value is -3.33. The minimum absolute atomic E-state index is 0.0348. The summed E-state index contributed by atoms with van der Waals surface area (Å²) < 4.78 is 11.3. The van der Waals surface area contributed by atoms with E-state index in [0.29, 0.717) is 27.8 Å². The largest absolute Gasteiger partial charge is 0.497 e. The summed E-state index contributed by atoms with van der Waals surface area (Å²) in [5.74, 6) is 0.809. The van der Waals surface area contributed by atoms with Gasteiger partial charge in [-0.2, -0.15) is 0 Å². The lowest BCUT2D eigenvalue weighted by atomic mass is 10.2. The van der Waals surface area contributed by atoms with Crippen LogP contribution in [-0.4, -0.2) is 37.7 Å². The van der Waals surface area contributed by atoms with E-state index in [1.54, 1.807) is 38.5 Å². The van der Waals surface area contributed by atoms with Crippen molar-refractivity contribution in [3.63, 3.8) is 0 Å². The Morgan fingerprint density at radius 1 is 1.14 bits per heavy atom. The highest BCUT2D eigenvalue weighted by Crippen LogP contribution is 2.32. The van der Waals surface area contributed by atoms with Gasteiger partial charge >= 0.3 is 6.03 Å². The van der Waals surface area contributed by atoms with Crippen LogP contribution in [0.15, 0.2) is 42.5 Å². The van der Waals surface area contributed by atoms with Crippen molar-refractivity contribution in [2.45, 2.75) is 6.42 Å². The molecular weight excluding hydrogens is 380 g/mol. The summed E-state index contributed by atoms with van der Waals surface area (Å²) in [6, 6.07) is 12.1. The van der Waals surface area contributed by atoms with E-state index in [2.05, 4.69) is 10.3 Å². The first kappa shape index (κ1) is 19.4. The minimum atomic E-state index is -0.490. The van der Waals surface area contributed by atoms with Crippen molar-refractivity contribution in [3.8, 4) is 11.5 Å². The van der Waals surface area contributed by atoms with Gasteiger partial charge in [-0.05, 0) is 36.4 Å². The van der Waals surface area contributed by atoms with E-state index < -0.39 is 11.9 Å². The van der Waals surface area contributed by atoms with Crippen LogP contribution in [0.3, 0.4) is 0 Å². The molecule has 0 saturated heterocycles. The molecule has 0 saturated carbocycles. The molecule has 1 aromatic heterocycles. The van der Waals surface area contributed by atoms with Crippen molar-refractivity contribution in [1.82, 2.24) is 4.98 Å². The summed E-state index contributed by atoms with van der Waals surface area (Å²) in [5.41, 5.74) is 6.55. The Morgan fingerprint density at radius 2 is 1.89 bits per heavy atom. The van der Waals surface area contributed by atoms with E-state index in [0.717, 1.165) is 4.70 Å². The summed E-state index contributed by atoms with van der Waals surface area (Å²) >= 11 is 1.34.